The number of hydrogen-bond donors (Lipinski definition) is 1. The van der Waals surface area contributed by atoms with Crippen LogP contribution in [0.2, 0.25) is 0 Å². The van der Waals surface area contributed by atoms with Crippen molar-refractivity contribution in [1.29, 1.82) is 0 Å². The van der Waals surface area contributed by atoms with Crippen molar-refractivity contribution in [1.82, 2.24) is 10.2 Å². The summed E-state index contributed by atoms with van der Waals surface area (Å²) in [7, 11) is -4.06. The molecular weight excluding hydrogens is 486 g/mol. The Morgan fingerprint density at radius 2 is 1.59 bits per heavy atom. The van der Waals surface area contributed by atoms with Crippen LogP contribution in [-0.4, -0.2) is 44.3 Å². The van der Waals surface area contributed by atoms with Crippen LogP contribution < -0.4 is 9.62 Å². The lowest BCUT2D eigenvalue weighted by Gasteiger charge is -2.32. The van der Waals surface area contributed by atoms with Gasteiger partial charge in [-0.3, -0.25) is 13.9 Å². The number of likely N-dealkylation sites (N-methyl/N-ethyl adjacent to an activating group) is 1. The van der Waals surface area contributed by atoms with Gasteiger partial charge in [-0.15, -0.1) is 0 Å². The molecule has 0 saturated heterocycles. The van der Waals surface area contributed by atoms with Gasteiger partial charge < -0.3 is 10.2 Å². The number of sulfonamides is 1. The van der Waals surface area contributed by atoms with Crippen molar-refractivity contribution in [2.45, 2.75) is 52.1 Å². The van der Waals surface area contributed by atoms with Crippen molar-refractivity contribution in [3.05, 3.63) is 95.1 Å². The largest absolute Gasteiger partial charge is 0.355 e. The molecule has 1 atom stereocenters. The molecule has 0 saturated carbocycles. The minimum atomic E-state index is -4.06. The van der Waals surface area contributed by atoms with Crippen LogP contribution in [0.15, 0.2) is 77.7 Å². The number of carbonyl (C=O) groups is 2. The predicted molar refractivity (Wildman–Crippen MR) is 147 cm³/mol. The van der Waals surface area contributed by atoms with Gasteiger partial charge in [-0.1, -0.05) is 54.1 Å². The fourth-order valence-corrected chi connectivity index (χ4v) is 5.47. The number of benzene rings is 3. The fourth-order valence-electron chi connectivity index (χ4n) is 4.04. The maximum Gasteiger partial charge on any atom is 0.264 e. The van der Waals surface area contributed by atoms with Crippen LogP contribution in [0.3, 0.4) is 0 Å². The van der Waals surface area contributed by atoms with E-state index in [1.165, 1.54) is 17.0 Å². The summed E-state index contributed by atoms with van der Waals surface area (Å²) in [6.45, 7) is 9.41. The summed E-state index contributed by atoms with van der Waals surface area (Å²) in [5.74, 6) is -0.773. The highest BCUT2D eigenvalue weighted by Crippen LogP contribution is 2.26. The van der Waals surface area contributed by atoms with Gasteiger partial charge in [0.05, 0.1) is 10.6 Å². The number of carbonyl (C=O) groups excluding carboxylic acids is 2. The number of rotatable bonds is 10. The Kier molecular flexibility index (Phi) is 9.10. The van der Waals surface area contributed by atoms with Crippen LogP contribution in [0.4, 0.5) is 5.69 Å². The number of amides is 2. The average Bonchev–Trinajstić information content (AvgIpc) is 2.87. The first-order valence-electron chi connectivity index (χ1n) is 12.3. The van der Waals surface area contributed by atoms with E-state index in [-0.39, 0.29) is 17.3 Å². The lowest BCUT2D eigenvalue weighted by atomic mass is 10.1. The summed E-state index contributed by atoms with van der Waals surface area (Å²) >= 11 is 0. The lowest BCUT2D eigenvalue weighted by molar-refractivity contribution is -0.139. The van der Waals surface area contributed by atoms with E-state index in [9.17, 15) is 18.0 Å². The van der Waals surface area contributed by atoms with Crippen LogP contribution in [0.25, 0.3) is 0 Å². The summed E-state index contributed by atoms with van der Waals surface area (Å²) in [6, 6.07) is 20.2. The van der Waals surface area contributed by atoms with Crippen molar-refractivity contribution in [3.8, 4) is 0 Å². The van der Waals surface area contributed by atoms with Gasteiger partial charge in [0.25, 0.3) is 10.0 Å². The molecule has 0 fully saturated rings. The van der Waals surface area contributed by atoms with Crippen LogP contribution in [0, 0.1) is 20.8 Å². The summed E-state index contributed by atoms with van der Waals surface area (Å²) < 4.78 is 28.7. The molecule has 0 heterocycles. The van der Waals surface area contributed by atoms with Crippen molar-refractivity contribution in [2.24, 2.45) is 0 Å². The smallest absolute Gasteiger partial charge is 0.264 e. The van der Waals surface area contributed by atoms with Crippen molar-refractivity contribution < 1.29 is 18.0 Å². The van der Waals surface area contributed by atoms with E-state index in [1.807, 2.05) is 58.0 Å². The first kappa shape index (κ1) is 27.9. The minimum Gasteiger partial charge on any atom is -0.355 e. The maximum atomic E-state index is 13.8. The average molecular weight is 522 g/mol. The van der Waals surface area contributed by atoms with E-state index in [0.29, 0.717) is 12.2 Å². The normalized spacial score (nSPS) is 12.0. The third-order valence-electron chi connectivity index (χ3n) is 6.34. The molecule has 3 aromatic carbocycles. The van der Waals surface area contributed by atoms with Gasteiger partial charge in [0.1, 0.15) is 12.6 Å². The molecule has 0 aliphatic heterocycles. The van der Waals surface area contributed by atoms with E-state index in [1.54, 1.807) is 37.3 Å². The van der Waals surface area contributed by atoms with Crippen molar-refractivity contribution in [3.63, 3.8) is 0 Å². The molecular formula is C29H35N3O4S. The molecule has 0 aromatic heterocycles. The number of aryl methyl sites for hydroxylation is 3. The Balaban J connectivity index is 2.04. The number of nitrogens with one attached hydrogen (secondary N) is 1. The zero-order valence-corrected chi connectivity index (χ0v) is 22.9. The lowest BCUT2D eigenvalue weighted by Crippen LogP contribution is -2.51. The third kappa shape index (κ3) is 6.77. The van der Waals surface area contributed by atoms with E-state index in [2.05, 4.69) is 5.32 Å². The molecule has 1 N–H and O–H groups in total. The van der Waals surface area contributed by atoms with Gasteiger partial charge in [-0.2, -0.15) is 0 Å². The monoisotopic (exact) mass is 521 g/mol. The Hall–Kier alpha value is -3.65. The zero-order valence-electron chi connectivity index (χ0n) is 22.1. The first-order chi connectivity index (χ1) is 17.5. The summed E-state index contributed by atoms with van der Waals surface area (Å²) in [4.78, 5) is 28.1. The maximum absolute atomic E-state index is 13.8. The van der Waals surface area contributed by atoms with Crippen LogP contribution in [-0.2, 0) is 26.2 Å². The second kappa shape index (κ2) is 12.1. The van der Waals surface area contributed by atoms with E-state index in [0.717, 1.165) is 26.6 Å². The highest BCUT2D eigenvalue weighted by Gasteiger charge is 2.32. The molecule has 0 unspecified atom stereocenters. The van der Waals surface area contributed by atoms with Crippen molar-refractivity contribution >= 4 is 27.5 Å². The molecule has 0 radical (unpaired) electrons. The molecule has 0 bridgehead atoms. The van der Waals surface area contributed by atoms with Gasteiger partial charge in [0.15, 0.2) is 0 Å². The van der Waals surface area contributed by atoms with Crippen LogP contribution >= 0.6 is 0 Å². The van der Waals surface area contributed by atoms with E-state index in [4.69, 9.17) is 0 Å². The third-order valence-corrected chi connectivity index (χ3v) is 8.13. The highest BCUT2D eigenvalue weighted by atomic mass is 32.2. The predicted octanol–water partition coefficient (Wildman–Crippen LogP) is 4.36. The molecule has 3 aromatic rings. The Bertz CT molecular complexity index is 1360. The SMILES string of the molecule is CCNC(=O)[C@H](C)N(Cc1cccc(C)c1)C(=O)CN(c1ccc(C)c(C)c1)S(=O)(=O)c1ccccc1. The fraction of sp³-hybridized carbons (Fsp3) is 0.310. The molecule has 2 amide bonds. The number of nitrogens with zero attached hydrogens (tertiary/aromatic N) is 2. The van der Waals surface area contributed by atoms with Gasteiger partial charge in [-0.25, -0.2) is 8.42 Å². The standard InChI is InChI=1S/C29H35N3O4S/c1-6-30-29(34)24(5)31(19-25-12-10-11-21(2)17-25)28(33)20-32(26-16-15-22(3)23(4)18-26)37(35,36)27-13-8-7-9-14-27/h7-18,24H,6,19-20H2,1-5H3,(H,30,34)/t24-/m0/s1. The van der Waals surface area contributed by atoms with Crippen molar-refractivity contribution in [2.75, 3.05) is 17.4 Å². The summed E-state index contributed by atoms with van der Waals surface area (Å²) in [5.41, 5.74) is 4.19. The quantitative estimate of drug-likeness (QED) is 0.430. The van der Waals surface area contributed by atoms with Gasteiger partial charge in [-0.05, 0) is 75.6 Å². The molecule has 8 heteroatoms. The number of hydrogen-bond acceptors (Lipinski definition) is 4. The molecule has 0 aliphatic rings. The molecule has 196 valence electrons. The first-order valence-corrected chi connectivity index (χ1v) is 13.8. The van der Waals surface area contributed by atoms with E-state index < -0.39 is 28.5 Å². The second-order valence-corrected chi connectivity index (χ2v) is 11.0. The molecule has 37 heavy (non-hydrogen) atoms. The topological polar surface area (TPSA) is 86.8 Å². The van der Waals surface area contributed by atoms with E-state index >= 15 is 0 Å². The van der Waals surface area contributed by atoms with Crippen LogP contribution in [0.5, 0.6) is 0 Å². The number of anilines is 1. The van der Waals surface area contributed by atoms with Gasteiger partial charge in [0.2, 0.25) is 11.8 Å². The molecule has 7 nitrogen and oxygen atoms in total. The van der Waals surface area contributed by atoms with Gasteiger partial charge in [0, 0.05) is 13.1 Å². The van der Waals surface area contributed by atoms with Gasteiger partial charge >= 0.3 is 0 Å². The van der Waals surface area contributed by atoms with Crippen LogP contribution in [0.1, 0.15) is 36.1 Å². The Morgan fingerprint density at radius 1 is 0.892 bits per heavy atom. The highest BCUT2D eigenvalue weighted by molar-refractivity contribution is 7.92. The molecule has 0 aliphatic carbocycles. The molecule has 3 rings (SSSR count). The summed E-state index contributed by atoms with van der Waals surface area (Å²) in [5, 5.41) is 2.77. The minimum absolute atomic E-state index is 0.0861. The molecule has 0 spiro atoms. The zero-order chi connectivity index (χ0) is 27.2. The Morgan fingerprint density at radius 3 is 2.22 bits per heavy atom. The Labute approximate surface area is 220 Å². The summed E-state index contributed by atoms with van der Waals surface area (Å²) in [6.07, 6.45) is 0. The second-order valence-electron chi connectivity index (χ2n) is 9.17.